The number of carbonyl (C=O) groups is 1. The quantitative estimate of drug-likeness (QED) is 0.776. The van der Waals surface area contributed by atoms with Crippen LogP contribution in [0, 0.1) is 0 Å². The van der Waals surface area contributed by atoms with Gasteiger partial charge in [-0.3, -0.25) is 4.79 Å². The van der Waals surface area contributed by atoms with Crippen LogP contribution in [0.25, 0.3) is 0 Å². The van der Waals surface area contributed by atoms with Gasteiger partial charge in [0.1, 0.15) is 5.82 Å². The van der Waals surface area contributed by atoms with Crippen LogP contribution in [-0.2, 0) is 0 Å². The highest BCUT2D eigenvalue weighted by Crippen LogP contribution is 2.17. The molecule has 2 aromatic rings. The van der Waals surface area contributed by atoms with Crippen LogP contribution in [0.15, 0.2) is 48.7 Å². The number of unbranched alkanes of at least 4 members (excludes halogenated alkanes) is 1. The lowest BCUT2D eigenvalue weighted by Gasteiger charge is -2.22. The summed E-state index contributed by atoms with van der Waals surface area (Å²) in [6.07, 6.45) is 3.96. The second-order valence-corrected chi connectivity index (χ2v) is 5.57. The zero-order valence-corrected chi connectivity index (χ0v) is 14.2. The number of amides is 1. The summed E-state index contributed by atoms with van der Waals surface area (Å²) in [5, 5.41) is 0. The number of para-hydroxylation sites is 1. The molecule has 0 unspecified atom stereocenters. The Morgan fingerprint density at radius 2 is 1.83 bits per heavy atom. The highest BCUT2D eigenvalue weighted by Gasteiger charge is 2.16. The molecule has 1 amide bonds. The van der Waals surface area contributed by atoms with Gasteiger partial charge in [0.15, 0.2) is 0 Å². The van der Waals surface area contributed by atoms with Gasteiger partial charge in [-0.1, -0.05) is 31.5 Å². The smallest absolute Gasteiger partial charge is 0.259 e. The van der Waals surface area contributed by atoms with Gasteiger partial charge in [0.05, 0.1) is 5.56 Å². The van der Waals surface area contributed by atoms with E-state index in [1.807, 2.05) is 56.4 Å². The van der Waals surface area contributed by atoms with Crippen molar-refractivity contribution in [3.63, 3.8) is 0 Å². The molecule has 4 nitrogen and oxygen atoms in total. The number of pyridine rings is 1. The molecule has 0 aliphatic rings. The van der Waals surface area contributed by atoms with Crippen molar-refractivity contribution in [1.82, 2.24) is 4.98 Å². The van der Waals surface area contributed by atoms with E-state index in [1.165, 1.54) is 0 Å². The first-order chi connectivity index (χ1) is 11.2. The first-order valence-corrected chi connectivity index (χ1v) is 8.21. The summed E-state index contributed by atoms with van der Waals surface area (Å²) in [5.41, 5.74) is 1.52. The average Bonchev–Trinajstić information content (AvgIpc) is 2.61. The van der Waals surface area contributed by atoms with Gasteiger partial charge in [0, 0.05) is 32.0 Å². The molecule has 1 aromatic carbocycles. The van der Waals surface area contributed by atoms with Crippen molar-refractivity contribution in [2.75, 3.05) is 29.9 Å². The van der Waals surface area contributed by atoms with Crippen LogP contribution in [0.4, 0.5) is 11.5 Å². The summed E-state index contributed by atoms with van der Waals surface area (Å²) in [5.74, 6) is 0.881. The SMILES string of the molecule is CCCCN(C)c1ccc(C(=O)N(CC)c2ccccc2)cn1. The van der Waals surface area contributed by atoms with Gasteiger partial charge in [-0.2, -0.15) is 0 Å². The second-order valence-electron chi connectivity index (χ2n) is 5.57. The highest BCUT2D eigenvalue weighted by molar-refractivity contribution is 6.05. The van der Waals surface area contributed by atoms with Crippen molar-refractivity contribution in [2.24, 2.45) is 0 Å². The van der Waals surface area contributed by atoms with Crippen LogP contribution in [0.1, 0.15) is 37.0 Å². The van der Waals surface area contributed by atoms with Gasteiger partial charge in [0.2, 0.25) is 0 Å². The minimum atomic E-state index is -0.0195. The molecule has 4 heteroatoms. The fourth-order valence-electron chi connectivity index (χ4n) is 2.46. The zero-order valence-electron chi connectivity index (χ0n) is 14.2. The maximum absolute atomic E-state index is 12.7. The number of aromatic nitrogens is 1. The summed E-state index contributed by atoms with van der Waals surface area (Å²) in [6.45, 7) is 5.75. The van der Waals surface area contributed by atoms with Crippen LogP contribution in [0.2, 0.25) is 0 Å². The summed E-state index contributed by atoms with van der Waals surface area (Å²) >= 11 is 0. The van der Waals surface area contributed by atoms with Crippen LogP contribution < -0.4 is 9.80 Å². The molecule has 0 saturated heterocycles. The Bertz CT molecular complexity index is 610. The van der Waals surface area contributed by atoms with Gasteiger partial charge < -0.3 is 9.80 Å². The van der Waals surface area contributed by atoms with Crippen LogP contribution >= 0.6 is 0 Å². The number of rotatable bonds is 7. The van der Waals surface area contributed by atoms with Gasteiger partial charge >= 0.3 is 0 Å². The molecule has 0 bridgehead atoms. The maximum atomic E-state index is 12.7. The molecule has 2 rings (SSSR count). The first-order valence-electron chi connectivity index (χ1n) is 8.21. The third-order valence-corrected chi connectivity index (χ3v) is 3.86. The molecule has 0 saturated carbocycles. The van der Waals surface area contributed by atoms with Crippen molar-refractivity contribution in [3.05, 3.63) is 54.2 Å². The Labute approximate surface area is 138 Å². The van der Waals surface area contributed by atoms with E-state index in [0.29, 0.717) is 12.1 Å². The molecule has 0 fully saturated rings. The molecular formula is C19H25N3O. The molecule has 0 spiro atoms. The number of hydrogen-bond acceptors (Lipinski definition) is 3. The van der Waals surface area contributed by atoms with Crippen LogP contribution in [0.5, 0.6) is 0 Å². The Hall–Kier alpha value is -2.36. The van der Waals surface area contributed by atoms with Crippen molar-refractivity contribution in [1.29, 1.82) is 0 Å². The van der Waals surface area contributed by atoms with E-state index in [4.69, 9.17) is 0 Å². The monoisotopic (exact) mass is 311 g/mol. The number of nitrogens with zero attached hydrogens (tertiary/aromatic N) is 3. The van der Waals surface area contributed by atoms with Crippen molar-refractivity contribution < 1.29 is 4.79 Å². The summed E-state index contributed by atoms with van der Waals surface area (Å²) in [7, 11) is 2.03. The van der Waals surface area contributed by atoms with Crippen molar-refractivity contribution in [3.8, 4) is 0 Å². The third kappa shape index (κ3) is 4.31. The van der Waals surface area contributed by atoms with Crippen LogP contribution in [-0.4, -0.2) is 31.0 Å². The first kappa shape index (κ1) is 17.0. The maximum Gasteiger partial charge on any atom is 0.259 e. The minimum absolute atomic E-state index is 0.0195. The third-order valence-electron chi connectivity index (χ3n) is 3.86. The minimum Gasteiger partial charge on any atom is -0.360 e. The molecular weight excluding hydrogens is 286 g/mol. The van der Waals surface area contributed by atoms with E-state index in [2.05, 4.69) is 16.8 Å². The van der Waals surface area contributed by atoms with Crippen molar-refractivity contribution in [2.45, 2.75) is 26.7 Å². The largest absolute Gasteiger partial charge is 0.360 e. The molecule has 0 radical (unpaired) electrons. The summed E-state index contributed by atoms with van der Waals surface area (Å²) in [4.78, 5) is 21.0. The number of carbonyl (C=O) groups excluding carboxylic acids is 1. The Balaban J connectivity index is 2.13. The van der Waals surface area contributed by atoms with Gasteiger partial charge in [-0.15, -0.1) is 0 Å². The van der Waals surface area contributed by atoms with E-state index in [9.17, 15) is 4.79 Å². The second kappa shape index (κ2) is 8.32. The van der Waals surface area contributed by atoms with Crippen molar-refractivity contribution >= 4 is 17.4 Å². The Morgan fingerprint density at radius 1 is 1.09 bits per heavy atom. The number of anilines is 2. The fourth-order valence-corrected chi connectivity index (χ4v) is 2.46. The summed E-state index contributed by atoms with van der Waals surface area (Å²) < 4.78 is 0. The van der Waals surface area contributed by atoms with Gasteiger partial charge in [-0.25, -0.2) is 4.98 Å². The van der Waals surface area contributed by atoms with Gasteiger partial charge in [-0.05, 0) is 37.6 Å². The molecule has 0 aliphatic heterocycles. The standard InChI is InChI=1S/C19H25N3O/c1-4-6-14-21(3)18-13-12-16(15-20-18)19(23)22(5-2)17-10-8-7-9-11-17/h7-13,15H,4-6,14H2,1-3H3. The average molecular weight is 311 g/mol. The fraction of sp³-hybridized carbons (Fsp3) is 0.368. The van der Waals surface area contributed by atoms with E-state index < -0.39 is 0 Å². The lowest BCUT2D eigenvalue weighted by molar-refractivity contribution is 0.0988. The van der Waals surface area contributed by atoms with E-state index >= 15 is 0 Å². The number of benzene rings is 1. The van der Waals surface area contributed by atoms with E-state index in [-0.39, 0.29) is 5.91 Å². The Morgan fingerprint density at radius 3 is 2.39 bits per heavy atom. The molecule has 122 valence electrons. The van der Waals surface area contributed by atoms with Gasteiger partial charge in [0.25, 0.3) is 5.91 Å². The topological polar surface area (TPSA) is 36.4 Å². The Kier molecular flexibility index (Phi) is 6.15. The van der Waals surface area contributed by atoms with E-state index in [1.54, 1.807) is 11.1 Å². The molecule has 0 N–H and O–H groups in total. The van der Waals surface area contributed by atoms with Crippen LogP contribution in [0.3, 0.4) is 0 Å². The summed E-state index contributed by atoms with van der Waals surface area (Å²) in [6, 6.07) is 13.5. The molecule has 0 atom stereocenters. The number of hydrogen-bond donors (Lipinski definition) is 0. The molecule has 23 heavy (non-hydrogen) atoms. The molecule has 1 aromatic heterocycles. The highest BCUT2D eigenvalue weighted by atomic mass is 16.2. The predicted octanol–water partition coefficient (Wildman–Crippen LogP) is 3.98. The predicted molar refractivity (Wildman–Crippen MR) is 96.2 cm³/mol. The lowest BCUT2D eigenvalue weighted by Crippen LogP contribution is -2.30. The normalized spacial score (nSPS) is 10.4. The lowest BCUT2D eigenvalue weighted by atomic mass is 10.2. The molecule has 1 heterocycles. The molecule has 0 aliphatic carbocycles. The zero-order chi connectivity index (χ0) is 16.7. The van der Waals surface area contributed by atoms with E-state index in [0.717, 1.165) is 30.9 Å².